The third kappa shape index (κ3) is 3.03. The van der Waals surface area contributed by atoms with Gasteiger partial charge in [-0.1, -0.05) is 6.42 Å². The van der Waals surface area contributed by atoms with Gasteiger partial charge >= 0.3 is 0 Å². The number of hydrogen-bond donors (Lipinski definition) is 2. The number of aromatic nitrogens is 3. The van der Waals surface area contributed by atoms with Gasteiger partial charge in [-0.05, 0) is 26.3 Å². The van der Waals surface area contributed by atoms with E-state index >= 15 is 0 Å². The molecular formula is C11H19N5O. The van der Waals surface area contributed by atoms with Gasteiger partial charge in [-0.15, -0.1) is 0 Å². The summed E-state index contributed by atoms with van der Waals surface area (Å²) in [7, 11) is 0. The number of likely N-dealkylation sites (N-methyl/N-ethyl adjacent to an activating group) is 1. The second-order valence-electron chi connectivity index (χ2n) is 4.32. The third-order valence-corrected chi connectivity index (χ3v) is 3.14. The minimum absolute atomic E-state index is 0.0719. The number of hydrogen-bond acceptors (Lipinski definition) is 4. The number of H-pyrrole nitrogens is 1. The van der Waals surface area contributed by atoms with Gasteiger partial charge in [-0.3, -0.25) is 9.89 Å². The molecular weight excluding hydrogens is 218 g/mol. The Kier molecular flexibility index (Phi) is 4.08. The van der Waals surface area contributed by atoms with E-state index in [1.165, 1.54) is 19.2 Å². The van der Waals surface area contributed by atoms with E-state index in [1.807, 2.05) is 11.8 Å². The molecule has 1 saturated heterocycles. The Morgan fingerprint density at radius 1 is 1.59 bits per heavy atom. The normalized spacial score (nSPS) is 20.2. The van der Waals surface area contributed by atoms with Crippen molar-refractivity contribution in [2.45, 2.75) is 32.2 Å². The van der Waals surface area contributed by atoms with Crippen molar-refractivity contribution in [1.82, 2.24) is 25.4 Å². The number of nitrogens with zero attached hydrogens (tertiary/aromatic N) is 3. The van der Waals surface area contributed by atoms with Gasteiger partial charge in [0.15, 0.2) is 0 Å². The highest BCUT2D eigenvalue weighted by molar-refractivity contribution is 5.90. The molecule has 1 aliphatic heterocycles. The first kappa shape index (κ1) is 12.0. The lowest BCUT2D eigenvalue weighted by Gasteiger charge is -2.29. The van der Waals surface area contributed by atoms with Crippen LogP contribution >= 0.6 is 0 Å². The summed E-state index contributed by atoms with van der Waals surface area (Å²) in [6.07, 6.45) is 4.98. The van der Waals surface area contributed by atoms with E-state index in [-0.39, 0.29) is 5.91 Å². The van der Waals surface area contributed by atoms with Gasteiger partial charge in [0.25, 0.3) is 5.91 Å². The van der Waals surface area contributed by atoms with E-state index in [9.17, 15) is 4.79 Å². The van der Waals surface area contributed by atoms with Crippen LogP contribution in [-0.2, 0) is 0 Å². The molecule has 1 aromatic heterocycles. The maximum absolute atomic E-state index is 12.1. The minimum Gasteiger partial charge on any atom is -0.335 e. The molecule has 6 heteroatoms. The summed E-state index contributed by atoms with van der Waals surface area (Å²) in [5.41, 5.74) is 0. The molecule has 0 radical (unpaired) electrons. The van der Waals surface area contributed by atoms with Crippen LogP contribution < -0.4 is 5.32 Å². The number of aromatic amines is 1. The van der Waals surface area contributed by atoms with Crippen molar-refractivity contribution >= 4 is 5.91 Å². The molecule has 2 N–H and O–H groups in total. The molecule has 6 nitrogen and oxygen atoms in total. The molecule has 94 valence electrons. The Morgan fingerprint density at radius 2 is 2.47 bits per heavy atom. The summed E-state index contributed by atoms with van der Waals surface area (Å²) in [5, 5.41) is 9.77. The van der Waals surface area contributed by atoms with E-state index in [2.05, 4.69) is 20.5 Å². The molecule has 1 amide bonds. The van der Waals surface area contributed by atoms with Crippen LogP contribution in [0.2, 0.25) is 0 Å². The molecule has 0 aromatic carbocycles. The van der Waals surface area contributed by atoms with Crippen molar-refractivity contribution in [3.05, 3.63) is 12.2 Å². The largest absolute Gasteiger partial charge is 0.335 e. The van der Waals surface area contributed by atoms with E-state index in [4.69, 9.17) is 0 Å². The summed E-state index contributed by atoms with van der Waals surface area (Å²) in [6.45, 7) is 4.48. The van der Waals surface area contributed by atoms with Crippen molar-refractivity contribution in [3.63, 3.8) is 0 Å². The molecule has 0 spiro atoms. The molecule has 0 bridgehead atoms. The first-order chi connectivity index (χ1) is 8.31. The third-order valence-electron chi connectivity index (χ3n) is 3.14. The SMILES string of the molecule is CCN(CC1CCCCN1)C(=O)c1ncn[nH]1. The highest BCUT2D eigenvalue weighted by Crippen LogP contribution is 2.09. The smallest absolute Gasteiger partial charge is 0.291 e. The molecule has 2 rings (SSSR count). The van der Waals surface area contributed by atoms with Gasteiger partial charge < -0.3 is 10.2 Å². The van der Waals surface area contributed by atoms with Gasteiger partial charge in [0.05, 0.1) is 0 Å². The molecule has 2 heterocycles. The van der Waals surface area contributed by atoms with Crippen LogP contribution in [0.25, 0.3) is 0 Å². The maximum Gasteiger partial charge on any atom is 0.291 e. The van der Waals surface area contributed by atoms with Crippen molar-refractivity contribution in [3.8, 4) is 0 Å². The topological polar surface area (TPSA) is 73.9 Å². The quantitative estimate of drug-likeness (QED) is 0.795. The Balaban J connectivity index is 1.93. The van der Waals surface area contributed by atoms with Crippen LogP contribution in [0.4, 0.5) is 0 Å². The fourth-order valence-corrected chi connectivity index (χ4v) is 2.16. The molecule has 1 unspecified atom stereocenters. The lowest BCUT2D eigenvalue weighted by Crippen LogP contribution is -2.45. The molecule has 17 heavy (non-hydrogen) atoms. The number of piperidine rings is 1. The van der Waals surface area contributed by atoms with Gasteiger partial charge in [0, 0.05) is 19.1 Å². The molecule has 1 aliphatic rings. The lowest BCUT2D eigenvalue weighted by atomic mass is 10.0. The predicted molar refractivity (Wildman–Crippen MR) is 63.6 cm³/mol. The molecule has 0 saturated carbocycles. The Labute approximate surface area is 101 Å². The second kappa shape index (κ2) is 5.77. The summed E-state index contributed by atoms with van der Waals surface area (Å²) >= 11 is 0. The lowest BCUT2D eigenvalue weighted by molar-refractivity contribution is 0.0729. The van der Waals surface area contributed by atoms with Crippen LogP contribution in [0.3, 0.4) is 0 Å². The van der Waals surface area contributed by atoms with Crippen molar-refractivity contribution < 1.29 is 4.79 Å². The molecule has 1 fully saturated rings. The van der Waals surface area contributed by atoms with E-state index < -0.39 is 0 Å². The van der Waals surface area contributed by atoms with Gasteiger partial charge in [0.2, 0.25) is 5.82 Å². The Hall–Kier alpha value is -1.43. The standard InChI is InChI=1S/C11H19N5O/c1-2-16(7-9-5-3-4-6-12-9)11(17)10-13-8-14-15-10/h8-9,12H,2-7H2,1H3,(H,13,14,15). The van der Waals surface area contributed by atoms with E-state index in [0.29, 0.717) is 18.4 Å². The summed E-state index contributed by atoms with van der Waals surface area (Å²) < 4.78 is 0. The first-order valence-corrected chi connectivity index (χ1v) is 6.19. The van der Waals surface area contributed by atoms with Crippen molar-refractivity contribution in [1.29, 1.82) is 0 Å². The highest BCUT2D eigenvalue weighted by Gasteiger charge is 2.21. The fraction of sp³-hybridized carbons (Fsp3) is 0.727. The fourth-order valence-electron chi connectivity index (χ4n) is 2.16. The average molecular weight is 237 g/mol. The summed E-state index contributed by atoms with van der Waals surface area (Å²) in [4.78, 5) is 17.8. The Bertz CT molecular complexity index is 345. The van der Waals surface area contributed by atoms with Crippen LogP contribution in [0.5, 0.6) is 0 Å². The van der Waals surface area contributed by atoms with E-state index in [0.717, 1.165) is 19.5 Å². The molecule has 0 aliphatic carbocycles. The highest BCUT2D eigenvalue weighted by atomic mass is 16.2. The second-order valence-corrected chi connectivity index (χ2v) is 4.32. The zero-order valence-corrected chi connectivity index (χ0v) is 10.1. The number of carbonyl (C=O) groups excluding carboxylic acids is 1. The molecule has 1 atom stereocenters. The van der Waals surface area contributed by atoms with Gasteiger partial charge in [0.1, 0.15) is 6.33 Å². The Morgan fingerprint density at radius 3 is 3.06 bits per heavy atom. The first-order valence-electron chi connectivity index (χ1n) is 6.19. The zero-order chi connectivity index (χ0) is 12.1. The van der Waals surface area contributed by atoms with Crippen molar-refractivity contribution in [2.24, 2.45) is 0 Å². The monoisotopic (exact) mass is 237 g/mol. The van der Waals surface area contributed by atoms with Gasteiger partial charge in [-0.25, -0.2) is 4.98 Å². The van der Waals surface area contributed by atoms with E-state index in [1.54, 1.807) is 0 Å². The zero-order valence-electron chi connectivity index (χ0n) is 10.1. The summed E-state index contributed by atoms with van der Waals surface area (Å²) in [6, 6.07) is 0.413. The number of amides is 1. The number of nitrogens with one attached hydrogen (secondary N) is 2. The van der Waals surface area contributed by atoms with Crippen LogP contribution in [0, 0.1) is 0 Å². The van der Waals surface area contributed by atoms with Crippen LogP contribution in [-0.4, -0.2) is 51.7 Å². The van der Waals surface area contributed by atoms with Crippen molar-refractivity contribution in [2.75, 3.05) is 19.6 Å². The molecule has 1 aromatic rings. The number of rotatable bonds is 4. The summed E-state index contributed by atoms with van der Waals surface area (Å²) in [5.74, 6) is 0.250. The van der Waals surface area contributed by atoms with Crippen LogP contribution in [0.1, 0.15) is 36.8 Å². The van der Waals surface area contributed by atoms with Gasteiger partial charge in [-0.2, -0.15) is 5.10 Å². The predicted octanol–water partition coefficient (Wildman–Crippen LogP) is 0.409. The average Bonchev–Trinajstić information content (AvgIpc) is 2.90. The minimum atomic E-state index is -0.0719. The maximum atomic E-state index is 12.1. The number of carbonyl (C=O) groups is 1. The van der Waals surface area contributed by atoms with Crippen LogP contribution in [0.15, 0.2) is 6.33 Å².